The largest absolute Gasteiger partial charge is 0.340 e. The van der Waals surface area contributed by atoms with E-state index in [1.807, 2.05) is 7.05 Å². The van der Waals surface area contributed by atoms with E-state index in [0.29, 0.717) is 5.78 Å². The molecule has 4 bridgehead atoms. The van der Waals surface area contributed by atoms with Gasteiger partial charge in [0.2, 0.25) is 0 Å². The van der Waals surface area contributed by atoms with Crippen molar-refractivity contribution in [3.8, 4) is 0 Å². The van der Waals surface area contributed by atoms with Crippen molar-refractivity contribution >= 4 is 5.78 Å². The van der Waals surface area contributed by atoms with Gasteiger partial charge in [0.15, 0.2) is 5.78 Å². The average molecular weight is 222 g/mol. The Morgan fingerprint density at radius 2 is 1.56 bits per heavy atom. The lowest BCUT2D eigenvalue weighted by molar-refractivity contribution is -0.647. The molecule has 2 nitrogen and oxygen atoms in total. The van der Waals surface area contributed by atoms with Crippen molar-refractivity contribution in [2.24, 2.45) is 23.2 Å². The number of carbonyl (C=O) groups is 1. The summed E-state index contributed by atoms with van der Waals surface area (Å²) in [6.07, 6.45) is 7.94. The van der Waals surface area contributed by atoms with Crippen LogP contribution < -0.4 is 5.32 Å². The highest BCUT2D eigenvalue weighted by atomic mass is 16.1. The molecule has 1 atom stereocenters. The highest BCUT2D eigenvalue weighted by molar-refractivity contribution is 5.88. The van der Waals surface area contributed by atoms with Crippen molar-refractivity contribution in [2.75, 3.05) is 7.05 Å². The molecule has 0 unspecified atom stereocenters. The van der Waals surface area contributed by atoms with Gasteiger partial charge in [-0.25, -0.2) is 0 Å². The Bertz CT molecular complexity index is 275. The van der Waals surface area contributed by atoms with Gasteiger partial charge >= 0.3 is 0 Å². The molecule has 0 saturated heterocycles. The molecule has 0 amide bonds. The number of quaternary nitrogens is 1. The minimum Gasteiger partial charge on any atom is -0.340 e. The zero-order valence-corrected chi connectivity index (χ0v) is 10.5. The molecular weight excluding hydrogens is 198 g/mol. The molecule has 4 fully saturated rings. The number of ketones is 1. The van der Waals surface area contributed by atoms with Gasteiger partial charge < -0.3 is 5.32 Å². The van der Waals surface area contributed by atoms with Crippen LogP contribution in [0.15, 0.2) is 0 Å². The van der Waals surface area contributed by atoms with Crippen LogP contribution in [0.2, 0.25) is 0 Å². The van der Waals surface area contributed by atoms with Crippen LogP contribution in [0.5, 0.6) is 0 Å². The van der Waals surface area contributed by atoms with E-state index in [4.69, 9.17) is 0 Å². The predicted octanol–water partition coefficient (Wildman–Crippen LogP) is 1.35. The first-order valence-electron chi connectivity index (χ1n) is 6.97. The monoisotopic (exact) mass is 222 g/mol. The predicted molar refractivity (Wildman–Crippen MR) is 62.9 cm³/mol. The number of likely N-dealkylation sites (N-methyl/N-ethyl adjacent to an activating group) is 1. The van der Waals surface area contributed by atoms with E-state index < -0.39 is 0 Å². The van der Waals surface area contributed by atoms with Crippen LogP contribution in [0, 0.1) is 23.2 Å². The van der Waals surface area contributed by atoms with Crippen LogP contribution >= 0.6 is 0 Å². The average Bonchev–Trinajstić information content (AvgIpc) is 2.25. The van der Waals surface area contributed by atoms with Crippen molar-refractivity contribution in [3.63, 3.8) is 0 Å². The van der Waals surface area contributed by atoms with Gasteiger partial charge in [-0.3, -0.25) is 4.79 Å². The highest BCUT2D eigenvalue weighted by Gasteiger charge is 2.55. The highest BCUT2D eigenvalue weighted by Crippen LogP contribution is 2.60. The Morgan fingerprint density at radius 1 is 1.12 bits per heavy atom. The topological polar surface area (TPSA) is 33.7 Å². The van der Waals surface area contributed by atoms with Crippen LogP contribution in [0.3, 0.4) is 0 Å². The molecule has 4 rings (SSSR count). The second-order valence-corrected chi connectivity index (χ2v) is 6.68. The van der Waals surface area contributed by atoms with Crippen LogP contribution in [0.25, 0.3) is 0 Å². The zero-order valence-electron chi connectivity index (χ0n) is 10.5. The van der Waals surface area contributed by atoms with Crippen molar-refractivity contribution in [1.29, 1.82) is 0 Å². The molecule has 0 spiro atoms. The fourth-order valence-corrected chi connectivity index (χ4v) is 5.05. The van der Waals surface area contributed by atoms with Gasteiger partial charge in [-0.15, -0.1) is 0 Å². The molecule has 0 radical (unpaired) electrons. The second kappa shape index (κ2) is 3.56. The SMILES string of the molecule is C[NH2+][C@H](C)C(=O)C12CC3CC(CC(C3)C1)C2. The van der Waals surface area contributed by atoms with E-state index in [9.17, 15) is 4.79 Å². The molecule has 0 aliphatic heterocycles. The summed E-state index contributed by atoms with van der Waals surface area (Å²) in [5, 5.41) is 2.08. The Labute approximate surface area is 98.2 Å². The minimum atomic E-state index is 0.112. The third kappa shape index (κ3) is 1.46. The fourth-order valence-electron chi connectivity index (χ4n) is 5.05. The summed E-state index contributed by atoms with van der Waals surface area (Å²) >= 11 is 0. The molecule has 90 valence electrons. The van der Waals surface area contributed by atoms with Crippen LogP contribution in [0.4, 0.5) is 0 Å². The van der Waals surface area contributed by atoms with E-state index in [0.717, 1.165) is 17.8 Å². The van der Waals surface area contributed by atoms with Crippen molar-refractivity contribution in [3.05, 3.63) is 0 Å². The molecule has 4 aliphatic rings. The quantitative estimate of drug-likeness (QED) is 0.768. The Kier molecular flexibility index (Phi) is 2.39. The third-order valence-corrected chi connectivity index (χ3v) is 5.47. The molecule has 4 saturated carbocycles. The molecular formula is C14H24NO+. The Balaban J connectivity index is 1.85. The van der Waals surface area contributed by atoms with Gasteiger partial charge in [-0.05, 0) is 63.2 Å². The van der Waals surface area contributed by atoms with Crippen molar-refractivity contribution in [2.45, 2.75) is 51.5 Å². The standard InChI is InChI=1S/C14H23NO/c1-9(15-2)13(16)14-6-10-3-11(7-14)5-12(4-10)8-14/h9-12,15H,3-8H2,1-2H3/p+1/t9-,10?,11?,12?,14?/m1/s1. The summed E-state index contributed by atoms with van der Waals surface area (Å²) in [5.74, 6) is 3.23. The van der Waals surface area contributed by atoms with E-state index in [2.05, 4.69) is 12.2 Å². The lowest BCUT2D eigenvalue weighted by atomic mass is 9.48. The van der Waals surface area contributed by atoms with Gasteiger partial charge in [-0.1, -0.05) is 0 Å². The first-order chi connectivity index (χ1) is 7.63. The maximum Gasteiger partial charge on any atom is 0.195 e. The maximum absolute atomic E-state index is 12.6. The first kappa shape index (κ1) is 10.8. The van der Waals surface area contributed by atoms with Gasteiger partial charge in [0.1, 0.15) is 6.04 Å². The Hall–Kier alpha value is -0.370. The summed E-state index contributed by atoms with van der Waals surface area (Å²) in [7, 11) is 2.03. The summed E-state index contributed by atoms with van der Waals surface area (Å²) in [6.45, 7) is 2.08. The van der Waals surface area contributed by atoms with Gasteiger partial charge in [0, 0.05) is 5.41 Å². The van der Waals surface area contributed by atoms with E-state index in [1.165, 1.54) is 38.5 Å². The minimum absolute atomic E-state index is 0.112. The number of nitrogens with two attached hydrogens (primary N) is 1. The first-order valence-corrected chi connectivity index (χ1v) is 6.97. The van der Waals surface area contributed by atoms with E-state index >= 15 is 0 Å². The second-order valence-electron chi connectivity index (χ2n) is 6.68. The maximum atomic E-state index is 12.6. The molecule has 0 aromatic carbocycles. The Morgan fingerprint density at radius 3 is 1.94 bits per heavy atom. The molecule has 0 aromatic rings. The summed E-state index contributed by atoms with van der Waals surface area (Å²) in [5.41, 5.74) is 0.112. The van der Waals surface area contributed by atoms with Crippen molar-refractivity contribution < 1.29 is 10.1 Å². The molecule has 2 heteroatoms. The number of hydrogen-bond acceptors (Lipinski definition) is 1. The van der Waals surface area contributed by atoms with Crippen LogP contribution in [0.1, 0.15) is 45.4 Å². The number of Topliss-reactive ketones (excluding diaryl/α,β-unsaturated/α-hetero) is 1. The number of hydrogen-bond donors (Lipinski definition) is 1. The molecule has 0 aromatic heterocycles. The molecule has 4 aliphatic carbocycles. The van der Waals surface area contributed by atoms with Gasteiger partial charge in [0.05, 0.1) is 7.05 Å². The lowest BCUT2D eigenvalue weighted by Gasteiger charge is -2.56. The van der Waals surface area contributed by atoms with Gasteiger partial charge in [-0.2, -0.15) is 0 Å². The summed E-state index contributed by atoms with van der Waals surface area (Å²) in [6, 6.07) is 0.177. The number of rotatable bonds is 3. The third-order valence-electron chi connectivity index (χ3n) is 5.47. The number of carbonyl (C=O) groups excluding carboxylic acids is 1. The van der Waals surface area contributed by atoms with E-state index in [1.54, 1.807) is 0 Å². The molecule has 16 heavy (non-hydrogen) atoms. The molecule has 0 heterocycles. The normalized spacial score (nSPS) is 47.0. The van der Waals surface area contributed by atoms with Crippen LogP contribution in [-0.2, 0) is 4.79 Å². The smallest absolute Gasteiger partial charge is 0.195 e. The summed E-state index contributed by atoms with van der Waals surface area (Å²) in [4.78, 5) is 12.6. The molecule has 2 N–H and O–H groups in total. The van der Waals surface area contributed by atoms with E-state index in [-0.39, 0.29) is 11.5 Å². The van der Waals surface area contributed by atoms with Crippen LogP contribution in [-0.4, -0.2) is 18.9 Å². The zero-order chi connectivity index (χ0) is 11.3. The van der Waals surface area contributed by atoms with Crippen molar-refractivity contribution in [1.82, 2.24) is 0 Å². The fraction of sp³-hybridized carbons (Fsp3) is 0.929. The lowest BCUT2D eigenvalue weighted by Crippen LogP contribution is -2.88. The summed E-state index contributed by atoms with van der Waals surface area (Å²) < 4.78 is 0. The van der Waals surface area contributed by atoms with Gasteiger partial charge in [0.25, 0.3) is 0 Å².